The number of nitrogens with zero attached hydrogens (tertiary/aromatic N) is 2. The van der Waals surface area contributed by atoms with Crippen molar-refractivity contribution in [2.75, 3.05) is 0 Å². The van der Waals surface area contributed by atoms with Crippen LogP contribution in [0.4, 0.5) is 0 Å². The van der Waals surface area contributed by atoms with Crippen LogP contribution >= 0.6 is 0 Å². The summed E-state index contributed by atoms with van der Waals surface area (Å²) < 4.78 is 0. The van der Waals surface area contributed by atoms with Gasteiger partial charge in [0.05, 0.1) is 6.04 Å². The third-order valence-electron chi connectivity index (χ3n) is 1.49. The van der Waals surface area contributed by atoms with Crippen LogP contribution in [0, 0.1) is 6.92 Å². The second kappa shape index (κ2) is 3.94. The van der Waals surface area contributed by atoms with E-state index in [9.17, 15) is 0 Å². The van der Waals surface area contributed by atoms with E-state index in [4.69, 9.17) is 5.84 Å². The molecule has 1 heterocycles. The Hall–Kier alpha value is -1.26. The summed E-state index contributed by atoms with van der Waals surface area (Å²) in [7, 11) is 0. The Labute approximate surface area is 71.5 Å². The highest BCUT2D eigenvalue weighted by molar-refractivity contribution is 5.07. The van der Waals surface area contributed by atoms with Crippen LogP contribution in [-0.2, 0) is 0 Å². The van der Waals surface area contributed by atoms with Crippen LogP contribution in [0.15, 0.2) is 25.0 Å². The number of nitrogens with one attached hydrogen (secondary N) is 1. The van der Waals surface area contributed by atoms with Crippen molar-refractivity contribution in [1.29, 1.82) is 0 Å². The molecule has 0 bridgehead atoms. The maximum atomic E-state index is 5.25. The highest BCUT2D eigenvalue weighted by Crippen LogP contribution is 2.05. The lowest BCUT2D eigenvalue weighted by molar-refractivity contribution is 0.619. The van der Waals surface area contributed by atoms with Gasteiger partial charge in [0.25, 0.3) is 0 Å². The molecule has 1 unspecified atom stereocenters. The molecule has 0 aromatic carbocycles. The van der Waals surface area contributed by atoms with Crippen molar-refractivity contribution >= 4 is 0 Å². The minimum absolute atomic E-state index is 0.175. The number of aryl methyl sites for hydroxylation is 1. The second-order valence-corrected chi connectivity index (χ2v) is 2.50. The molecule has 1 aromatic heterocycles. The lowest BCUT2D eigenvalue weighted by atomic mass is 10.3. The van der Waals surface area contributed by atoms with Crippen molar-refractivity contribution in [3.8, 4) is 0 Å². The fourth-order valence-electron chi connectivity index (χ4n) is 0.811. The summed E-state index contributed by atoms with van der Waals surface area (Å²) in [5.41, 5.74) is 3.57. The standard InChI is InChI=1S/C8H12N4/c1-3-7(12-9)8-10-4-6(2)5-11-8/h3-5,7,12H,1,9H2,2H3. The van der Waals surface area contributed by atoms with E-state index in [1.807, 2.05) is 6.92 Å². The van der Waals surface area contributed by atoms with Gasteiger partial charge in [-0.1, -0.05) is 6.08 Å². The summed E-state index contributed by atoms with van der Waals surface area (Å²) in [4.78, 5) is 8.19. The lowest BCUT2D eigenvalue weighted by Gasteiger charge is -2.08. The van der Waals surface area contributed by atoms with Crippen LogP contribution in [0.2, 0.25) is 0 Å². The molecule has 1 atom stereocenters. The summed E-state index contributed by atoms with van der Waals surface area (Å²) in [5.74, 6) is 5.89. The van der Waals surface area contributed by atoms with Gasteiger partial charge in [0.2, 0.25) is 0 Å². The Balaban J connectivity index is 2.87. The van der Waals surface area contributed by atoms with E-state index in [1.165, 1.54) is 0 Å². The molecule has 64 valence electrons. The first-order chi connectivity index (χ1) is 5.77. The SMILES string of the molecule is C=CC(NN)c1ncc(C)cn1. The molecule has 12 heavy (non-hydrogen) atoms. The average molecular weight is 164 g/mol. The van der Waals surface area contributed by atoms with Crippen molar-refractivity contribution in [1.82, 2.24) is 15.4 Å². The van der Waals surface area contributed by atoms with E-state index < -0.39 is 0 Å². The molecule has 4 nitrogen and oxygen atoms in total. The monoisotopic (exact) mass is 164 g/mol. The van der Waals surface area contributed by atoms with Crippen LogP contribution < -0.4 is 11.3 Å². The van der Waals surface area contributed by atoms with Gasteiger partial charge in [-0.15, -0.1) is 6.58 Å². The molecule has 0 aliphatic rings. The number of aromatic nitrogens is 2. The average Bonchev–Trinajstić information content (AvgIpc) is 2.10. The predicted molar refractivity (Wildman–Crippen MR) is 47.0 cm³/mol. The van der Waals surface area contributed by atoms with E-state index >= 15 is 0 Å². The Bertz CT molecular complexity index is 254. The van der Waals surface area contributed by atoms with Gasteiger partial charge < -0.3 is 0 Å². The van der Waals surface area contributed by atoms with Gasteiger partial charge in [-0.05, 0) is 12.5 Å². The smallest absolute Gasteiger partial charge is 0.150 e. The fraction of sp³-hybridized carbons (Fsp3) is 0.250. The summed E-state index contributed by atoms with van der Waals surface area (Å²) in [5, 5.41) is 0. The predicted octanol–water partition coefficient (Wildman–Crippen LogP) is 0.475. The van der Waals surface area contributed by atoms with Crippen LogP contribution in [0.25, 0.3) is 0 Å². The molecule has 0 saturated carbocycles. The molecule has 1 rings (SSSR count). The highest BCUT2D eigenvalue weighted by atomic mass is 15.2. The molecule has 0 fully saturated rings. The van der Waals surface area contributed by atoms with Crippen LogP contribution in [0.3, 0.4) is 0 Å². The van der Waals surface area contributed by atoms with E-state index in [0.717, 1.165) is 5.56 Å². The molecule has 0 saturated heterocycles. The fourth-order valence-corrected chi connectivity index (χ4v) is 0.811. The third-order valence-corrected chi connectivity index (χ3v) is 1.49. The highest BCUT2D eigenvalue weighted by Gasteiger charge is 2.06. The van der Waals surface area contributed by atoms with Gasteiger partial charge >= 0.3 is 0 Å². The Morgan fingerprint density at radius 3 is 2.58 bits per heavy atom. The zero-order valence-electron chi connectivity index (χ0n) is 6.99. The van der Waals surface area contributed by atoms with Crippen molar-refractivity contribution in [2.24, 2.45) is 5.84 Å². The first-order valence-corrected chi connectivity index (χ1v) is 3.65. The van der Waals surface area contributed by atoms with Crippen molar-refractivity contribution in [3.05, 3.63) is 36.4 Å². The second-order valence-electron chi connectivity index (χ2n) is 2.50. The van der Waals surface area contributed by atoms with E-state index in [-0.39, 0.29) is 6.04 Å². The molecule has 1 aromatic rings. The van der Waals surface area contributed by atoms with E-state index in [0.29, 0.717) is 5.82 Å². The summed E-state index contributed by atoms with van der Waals surface area (Å²) in [6, 6.07) is -0.175. The Morgan fingerprint density at radius 1 is 1.58 bits per heavy atom. The molecule has 0 aliphatic carbocycles. The van der Waals surface area contributed by atoms with Crippen LogP contribution in [-0.4, -0.2) is 9.97 Å². The number of hydrogen-bond acceptors (Lipinski definition) is 4. The van der Waals surface area contributed by atoms with Crippen molar-refractivity contribution < 1.29 is 0 Å². The summed E-state index contributed by atoms with van der Waals surface area (Å²) in [6.07, 6.45) is 5.15. The molecule has 0 aliphatic heterocycles. The Kier molecular flexibility index (Phi) is 2.90. The minimum Gasteiger partial charge on any atom is -0.270 e. The summed E-state index contributed by atoms with van der Waals surface area (Å²) >= 11 is 0. The third kappa shape index (κ3) is 1.87. The molecular weight excluding hydrogens is 152 g/mol. The van der Waals surface area contributed by atoms with Gasteiger partial charge in [0, 0.05) is 12.4 Å². The van der Waals surface area contributed by atoms with Gasteiger partial charge in [-0.25, -0.2) is 15.4 Å². The van der Waals surface area contributed by atoms with Crippen LogP contribution in [0.1, 0.15) is 17.4 Å². The van der Waals surface area contributed by atoms with Gasteiger partial charge in [0.1, 0.15) is 5.82 Å². The maximum Gasteiger partial charge on any atom is 0.150 e. The zero-order valence-corrected chi connectivity index (χ0v) is 6.99. The van der Waals surface area contributed by atoms with E-state index in [2.05, 4.69) is 22.0 Å². The molecule has 0 radical (unpaired) electrons. The van der Waals surface area contributed by atoms with Gasteiger partial charge in [-0.3, -0.25) is 5.84 Å². The number of hydrazine groups is 1. The van der Waals surface area contributed by atoms with Crippen LogP contribution in [0.5, 0.6) is 0 Å². The molecule has 0 amide bonds. The largest absolute Gasteiger partial charge is 0.270 e. The zero-order chi connectivity index (χ0) is 8.97. The van der Waals surface area contributed by atoms with Gasteiger partial charge in [0.15, 0.2) is 0 Å². The quantitative estimate of drug-likeness (QED) is 0.387. The molecule has 4 heteroatoms. The molecule has 3 N–H and O–H groups in total. The number of rotatable bonds is 3. The topological polar surface area (TPSA) is 63.8 Å². The number of nitrogens with two attached hydrogens (primary N) is 1. The minimum atomic E-state index is -0.175. The van der Waals surface area contributed by atoms with Crippen molar-refractivity contribution in [2.45, 2.75) is 13.0 Å². The van der Waals surface area contributed by atoms with Crippen molar-refractivity contribution in [3.63, 3.8) is 0 Å². The normalized spacial score (nSPS) is 12.5. The van der Waals surface area contributed by atoms with E-state index in [1.54, 1.807) is 18.5 Å². The number of hydrogen-bond donors (Lipinski definition) is 2. The van der Waals surface area contributed by atoms with Gasteiger partial charge in [-0.2, -0.15) is 0 Å². The molecular formula is C8H12N4. The first kappa shape index (κ1) is 8.83. The lowest BCUT2D eigenvalue weighted by Crippen LogP contribution is -2.27. The molecule has 0 spiro atoms. The maximum absolute atomic E-state index is 5.25. The Morgan fingerprint density at radius 2 is 2.17 bits per heavy atom. The summed E-state index contributed by atoms with van der Waals surface area (Å²) in [6.45, 7) is 5.54. The first-order valence-electron chi connectivity index (χ1n) is 3.65.